The molecular formula is C38H49N13O6S4. The van der Waals surface area contributed by atoms with Crippen molar-refractivity contribution in [3.63, 3.8) is 0 Å². The summed E-state index contributed by atoms with van der Waals surface area (Å²) in [5.41, 5.74) is 1.41. The normalized spacial score (nSPS) is 15.7. The molecule has 8 heterocycles. The van der Waals surface area contributed by atoms with E-state index in [1.165, 1.54) is 47.6 Å². The van der Waals surface area contributed by atoms with Crippen LogP contribution in [0.25, 0.3) is 22.8 Å². The monoisotopic (exact) mass is 911 g/mol. The number of pyridine rings is 2. The number of piperidine rings is 2. The van der Waals surface area contributed by atoms with Gasteiger partial charge >= 0.3 is 12.0 Å². The van der Waals surface area contributed by atoms with Crippen molar-refractivity contribution in [2.24, 2.45) is 5.92 Å². The minimum atomic E-state index is -3.33. The van der Waals surface area contributed by atoms with Gasteiger partial charge < -0.3 is 23.7 Å². The molecule has 0 radical (unpaired) electrons. The standard InChI is InChI=1S/C19H25N7O3S2.C19H24N6O3S2/c1-12(2)16-21-18(29-23-16)26-9-7-14(8-10-26)25(3)19-22-17(24-30-19)13-5-6-15(20-11-13)31(4,27)28;1-12(2)17-22-19(28-23-17)25-8-6-13(7-9-25)10-15-21-18(24-29-15)14-4-5-16(20-11-14)30(3,26)27/h5-6,11-12,14H,7-10H2,1-4H3;4-5,11-13H,6-10H2,1-3H3. The van der Waals surface area contributed by atoms with E-state index in [1.54, 1.807) is 12.1 Å². The summed E-state index contributed by atoms with van der Waals surface area (Å²) in [7, 11) is -4.61. The lowest BCUT2D eigenvalue weighted by Gasteiger charge is -2.35. The zero-order chi connectivity index (χ0) is 43.5. The van der Waals surface area contributed by atoms with Crippen LogP contribution in [0, 0.1) is 5.92 Å². The number of sulfone groups is 2. The highest BCUT2D eigenvalue weighted by molar-refractivity contribution is 7.90. The zero-order valence-corrected chi connectivity index (χ0v) is 38.3. The van der Waals surface area contributed by atoms with E-state index in [2.05, 4.69) is 63.7 Å². The molecule has 19 nitrogen and oxygen atoms in total. The van der Waals surface area contributed by atoms with Crippen molar-refractivity contribution in [1.82, 2.24) is 49.0 Å². The second kappa shape index (κ2) is 18.5. The highest BCUT2D eigenvalue weighted by atomic mass is 32.2. The van der Waals surface area contributed by atoms with Gasteiger partial charge in [-0.25, -0.2) is 31.8 Å². The van der Waals surface area contributed by atoms with Gasteiger partial charge in [0.05, 0.1) is 0 Å². The molecule has 326 valence electrons. The molecule has 61 heavy (non-hydrogen) atoms. The third-order valence-corrected chi connectivity index (χ3v) is 14.0. The van der Waals surface area contributed by atoms with E-state index in [1.807, 2.05) is 34.7 Å². The van der Waals surface area contributed by atoms with Gasteiger partial charge in [0.15, 0.2) is 53.0 Å². The van der Waals surface area contributed by atoms with Gasteiger partial charge in [-0.3, -0.25) is 0 Å². The SMILES string of the molecule is CC(C)c1noc(N2CCC(Cc3nc(-c4ccc(S(C)(=O)=O)nc4)ns3)CC2)n1.CC(C)c1noc(N2CCC(N(C)c3nc(-c4ccc(S(C)(=O)=O)nc4)ns3)CC2)n1. The molecule has 0 aliphatic carbocycles. The second-order valence-electron chi connectivity index (χ2n) is 15.9. The molecule has 2 saturated heterocycles. The Morgan fingerprint density at radius 1 is 0.689 bits per heavy atom. The highest BCUT2D eigenvalue weighted by Crippen LogP contribution is 2.30. The average molecular weight is 912 g/mol. The van der Waals surface area contributed by atoms with Crippen molar-refractivity contribution in [2.75, 3.05) is 60.4 Å². The lowest BCUT2D eigenvalue weighted by atomic mass is 9.94. The summed E-state index contributed by atoms with van der Waals surface area (Å²) in [6.07, 6.45) is 10.1. The van der Waals surface area contributed by atoms with E-state index >= 15 is 0 Å². The summed E-state index contributed by atoms with van der Waals surface area (Å²) >= 11 is 2.71. The largest absolute Gasteiger partial charge is 0.347 e. The summed E-state index contributed by atoms with van der Waals surface area (Å²) in [6.45, 7) is 11.6. The minimum Gasteiger partial charge on any atom is -0.347 e. The van der Waals surface area contributed by atoms with Crippen molar-refractivity contribution in [1.29, 1.82) is 0 Å². The Hall–Kier alpha value is -5.00. The number of aromatic nitrogens is 10. The van der Waals surface area contributed by atoms with Crippen LogP contribution in [0.5, 0.6) is 0 Å². The number of hydrogen-bond acceptors (Lipinski definition) is 21. The maximum atomic E-state index is 11.6. The second-order valence-corrected chi connectivity index (χ2v) is 21.4. The molecule has 0 atom stereocenters. The molecule has 2 aliphatic heterocycles. The number of anilines is 3. The first-order valence-corrected chi connectivity index (χ1v) is 25.2. The van der Waals surface area contributed by atoms with Gasteiger partial charge in [0.25, 0.3) is 0 Å². The molecule has 0 bridgehead atoms. The van der Waals surface area contributed by atoms with E-state index in [0.29, 0.717) is 41.2 Å². The van der Waals surface area contributed by atoms with Gasteiger partial charge in [-0.15, -0.1) is 0 Å². The third kappa shape index (κ3) is 10.9. The van der Waals surface area contributed by atoms with Crippen molar-refractivity contribution in [3.8, 4) is 22.8 Å². The van der Waals surface area contributed by atoms with Gasteiger partial charge in [-0.2, -0.15) is 23.7 Å². The quantitative estimate of drug-likeness (QED) is 0.146. The van der Waals surface area contributed by atoms with E-state index < -0.39 is 19.7 Å². The van der Waals surface area contributed by atoms with Gasteiger partial charge in [-0.05, 0) is 67.4 Å². The predicted octanol–water partition coefficient (Wildman–Crippen LogP) is 5.58. The fraction of sp³-hybridized carbons (Fsp3) is 0.526. The van der Waals surface area contributed by atoms with Crippen LogP contribution in [0.3, 0.4) is 0 Å². The first-order chi connectivity index (χ1) is 29.0. The van der Waals surface area contributed by atoms with Crippen LogP contribution in [0.15, 0.2) is 55.8 Å². The summed E-state index contributed by atoms with van der Waals surface area (Å²) in [5, 5.41) is 9.99. The molecule has 2 aliphatic rings. The molecular weight excluding hydrogens is 863 g/mol. The van der Waals surface area contributed by atoms with Crippen LogP contribution in [0.1, 0.15) is 81.9 Å². The number of hydrogen-bond donors (Lipinski definition) is 0. The van der Waals surface area contributed by atoms with Crippen LogP contribution >= 0.6 is 23.1 Å². The van der Waals surface area contributed by atoms with Gasteiger partial charge in [0.1, 0.15) is 5.01 Å². The van der Waals surface area contributed by atoms with Crippen molar-refractivity contribution in [2.45, 2.75) is 87.7 Å². The summed E-state index contributed by atoms with van der Waals surface area (Å²) in [4.78, 5) is 32.7. The average Bonchev–Trinajstić information content (AvgIpc) is 4.09. The molecule has 8 rings (SSSR count). The highest BCUT2D eigenvalue weighted by Gasteiger charge is 2.28. The molecule has 0 spiro atoms. The molecule has 0 unspecified atom stereocenters. The Bertz CT molecular complexity index is 2590. The molecule has 2 fully saturated rings. The molecule has 0 aromatic carbocycles. The molecule has 0 N–H and O–H groups in total. The minimum absolute atomic E-state index is 0.0392. The summed E-state index contributed by atoms with van der Waals surface area (Å²) in [6, 6.07) is 7.88. The maximum absolute atomic E-state index is 11.6. The lowest BCUT2D eigenvalue weighted by Crippen LogP contribution is -2.43. The van der Waals surface area contributed by atoms with Crippen molar-refractivity contribution < 1.29 is 25.9 Å². The first-order valence-electron chi connectivity index (χ1n) is 19.9. The smallest absolute Gasteiger partial charge is 0.324 e. The van der Waals surface area contributed by atoms with Crippen molar-refractivity contribution >= 4 is 59.9 Å². The summed E-state index contributed by atoms with van der Waals surface area (Å²) in [5.74, 6) is 3.63. The van der Waals surface area contributed by atoms with E-state index in [4.69, 9.17) is 9.05 Å². The Morgan fingerprint density at radius 2 is 1.16 bits per heavy atom. The third-order valence-electron chi connectivity index (χ3n) is 10.5. The lowest BCUT2D eigenvalue weighted by molar-refractivity contribution is 0.359. The van der Waals surface area contributed by atoms with Crippen molar-refractivity contribution in [3.05, 3.63) is 53.3 Å². The fourth-order valence-corrected chi connectivity index (χ4v) is 9.36. The van der Waals surface area contributed by atoms with Gasteiger partial charge in [0, 0.05) is 105 Å². The fourth-order valence-electron chi connectivity index (χ4n) is 6.75. The van der Waals surface area contributed by atoms with Crippen LogP contribution < -0.4 is 14.7 Å². The van der Waals surface area contributed by atoms with Crippen LogP contribution in [0.4, 0.5) is 17.2 Å². The van der Waals surface area contributed by atoms with E-state index in [-0.39, 0.29) is 21.9 Å². The molecule has 6 aromatic heterocycles. The Kier molecular flexibility index (Phi) is 13.4. The molecule has 23 heteroatoms. The van der Waals surface area contributed by atoms with Gasteiger partial charge in [0.2, 0.25) is 5.13 Å². The Balaban J connectivity index is 0.000000184. The zero-order valence-electron chi connectivity index (χ0n) is 35.0. The summed E-state index contributed by atoms with van der Waals surface area (Å²) < 4.78 is 65.9. The maximum Gasteiger partial charge on any atom is 0.324 e. The van der Waals surface area contributed by atoms with Crippen LogP contribution in [0.2, 0.25) is 0 Å². The number of rotatable bonds is 12. The van der Waals surface area contributed by atoms with Gasteiger partial charge in [-0.1, -0.05) is 38.0 Å². The first kappa shape index (κ1) is 44.1. The topological polar surface area (TPSA) is 233 Å². The van der Waals surface area contributed by atoms with E-state index in [0.717, 1.165) is 98.1 Å². The molecule has 0 saturated carbocycles. The molecule has 0 amide bonds. The Morgan fingerprint density at radius 3 is 1.61 bits per heavy atom. The van der Waals surface area contributed by atoms with Crippen LogP contribution in [-0.2, 0) is 26.1 Å². The van der Waals surface area contributed by atoms with E-state index in [9.17, 15) is 16.8 Å². The Labute approximate surface area is 363 Å². The predicted molar refractivity (Wildman–Crippen MR) is 232 cm³/mol. The molecule has 6 aromatic rings. The van der Waals surface area contributed by atoms with Crippen LogP contribution in [-0.4, -0.2) is 118 Å². The number of nitrogens with zero attached hydrogens (tertiary/aromatic N) is 13.